The Morgan fingerprint density at radius 1 is 0.284 bits per heavy atom. The van der Waals surface area contributed by atoms with Crippen LogP contribution in [-0.2, 0) is 10.8 Å². The van der Waals surface area contributed by atoms with E-state index in [4.69, 9.17) is 25.7 Å². The summed E-state index contributed by atoms with van der Waals surface area (Å²) >= 11 is 0. The SMILES string of the molecule is C#Cc1cccc(-c2ccc(-c3cccc(C#C)c3C#C)c(-c3cccc(C4(C)c5cc(N(c6ccccc6)c6ccccc6)ccc5-c5cc6c(cc54)-c4ccc(N(c5ccccc5)c5ccccc5)cc4C6(C)C)c3)c2)c1C#C. The summed E-state index contributed by atoms with van der Waals surface area (Å²) in [4.78, 5) is 4.71. The summed E-state index contributed by atoms with van der Waals surface area (Å²) in [5, 5.41) is 0. The molecule has 0 radical (unpaired) electrons. The highest BCUT2D eigenvalue weighted by atomic mass is 15.1. The van der Waals surface area contributed by atoms with Crippen molar-refractivity contribution in [3.63, 3.8) is 0 Å². The van der Waals surface area contributed by atoms with Gasteiger partial charge in [-0.05, 0) is 200 Å². The van der Waals surface area contributed by atoms with E-state index in [0.717, 1.165) is 73.1 Å². The highest BCUT2D eigenvalue weighted by molar-refractivity contribution is 5.95. The zero-order chi connectivity index (χ0) is 55.4. The molecule has 0 spiro atoms. The zero-order valence-corrected chi connectivity index (χ0v) is 45.4. The molecule has 380 valence electrons. The van der Waals surface area contributed by atoms with E-state index in [1.807, 2.05) is 30.3 Å². The van der Waals surface area contributed by atoms with Gasteiger partial charge in [-0.15, -0.1) is 25.7 Å². The van der Waals surface area contributed by atoms with Crippen LogP contribution < -0.4 is 9.80 Å². The van der Waals surface area contributed by atoms with Crippen LogP contribution >= 0.6 is 0 Å². The highest BCUT2D eigenvalue weighted by Gasteiger charge is 2.45. The zero-order valence-electron chi connectivity index (χ0n) is 45.4. The summed E-state index contributed by atoms with van der Waals surface area (Å²) in [6.07, 6.45) is 24.7. The number of nitrogens with zero attached hydrogens (tertiary/aromatic N) is 2. The summed E-state index contributed by atoms with van der Waals surface area (Å²) in [5.41, 5.74) is 25.0. The Bertz CT molecular complexity index is 4400. The number of rotatable bonds is 10. The fourth-order valence-electron chi connectivity index (χ4n) is 12.8. The standard InChI is InChI=1S/C79H54N2/c1-8-53-27-25-39-66(64(53)10-3)56-41-44-68(67-40-26-28-54(9-2)65(67)11-4)71(48-56)55-29-24-30-57(47-55)79(7)76-50-63(81(60-35-20-14-21-36-60)61-37-22-15-23-38-61)43-46-70(76)73-51-75-72(52-77(73)79)69-45-42-62(49-74(69)78(75,5)6)80(58-31-16-12-17-32-58)59-33-18-13-19-34-59/h1-4,12-52H,5-7H3. The first-order valence-electron chi connectivity index (χ1n) is 27.3. The highest BCUT2D eigenvalue weighted by Crippen LogP contribution is 2.60. The summed E-state index contributed by atoms with van der Waals surface area (Å²) < 4.78 is 0. The average Bonchev–Trinajstić information content (AvgIpc) is 3.92. The smallest absolute Gasteiger partial charge is 0.0477 e. The van der Waals surface area contributed by atoms with Crippen molar-refractivity contribution in [1.82, 2.24) is 0 Å². The van der Waals surface area contributed by atoms with Crippen LogP contribution in [0.2, 0.25) is 0 Å². The van der Waals surface area contributed by atoms with Gasteiger partial charge in [-0.2, -0.15) is 0 Å². The fourth-order valence-corrected chi connectivity index (χ4v) is 12.8. The molecule has 11 aromatic carbocycles. The van der Waals surface area contributed by atoms with Crippen molar-refractivity contribution in [2.24, 2.45) is 0 Å². The Kier molecular flexibility index (Phi) is 12.3. The van der Waals surface area contributed by atoms with Crippen molar-refractivity contribution in [2.45, 2.75) is 31.6 Å². The maximum atomic E-state index is 6.33. The Labute approximate surface area is 476 Å². The van der Waals surface area contributed by atoms with E-state index in [0.29, 0.717) is 22.3 Å². The van der Waals surface area contributed by atoms with Gasteiger partial charge in [0.05, 0.1) is 0 Å². The van der Waals surface area contributed by atoms with Crippen LogP contribution in [0.1, 0.15) is 70.8 Å². The number of hydrogen-bond acceptors (Lipinski definition) is 2. The topological polar surface area (TPSA) is 6.48 Å². The van der Waals surface area contributed by atoms with Crippen molar-refractivity contribution < 1.29 is 0 Å². The largest absolute Gasteiger partial charge is 0.310 e. The molecular weight excluding hydrogens is 977 g/mol. The Balaban J connectivity index is 1.04. The lowest BCUT2D eigenvalue weighted by molar-refractivity contribution is 0.659. The first-order valence-corrected chi connectivity index (χ1v) is 27.3. The van der Waals surface area contributed by atoms with Gasteiger partial charge in [-0.25, -0.2) is 0 Å². The molecule has 0 N–H and O–H groups in total. The van der Waals surface area contributed by atoms with Crippen LogP contribution in [0.3, 0.4) is 0 Å². The lowest BCUT2D eigenvalue weighted by Crippen LogP contribution is -2.23. The molecule has 0 amide bonds. The average molecular weight is 1030 g/mol. The summed E-state index contributed by atoms with van der Waals surface area (Å²) in [7, 11) is 0. The van der Waals surface area contributed by atoms with Crippen LogP contribution in [0, 0.1) is 49.4 Å². The fraction of sp³-hybridized carbons (Fsp3) is 0.0633. The summed E-state index contributed by atoms with van der Waals surface area (Å²) in [5.74, 6) is 11.5. The van der Waals surface area contributed by atoms with E-state index >= 15 is 0 Å². The van der Waals surface area contributed by atoms with Crippen LogP contribution in [0.4, 0.5) is 34.1 Å². The quantitative estimate of drug-likeness (QED) is 0.126. The maximum absolute atomic E-state index is 6.33. The molecular formula is C79H54N2. The number of para-hydroxylation sites is 4. The van der Waals surface area contributed by atoms with Crippen molar-refractivity contribution in [3.05, 3.63) is 299 Å². The number of fused-ring (bicyclic) bond motifs is 6. The number of terminal acetylenes is 4. The molecule has 81 heavy (non-hydrogen) atoms. The Morgan fingerprint density at radius 2 is 0.704 bits per heavy atom. The van der Waals surface area contributed by atoms with Gasteiger partial charge in [0.1, 0.15) is 0 Å². The van der Waals surface area contributed by atoms with E-state index in [9.17, 15) is 0 Å². The van der Waals surface area contributed by atoms with Crippen molar-refractivity contribution in [3.8, 4) is 105 Å². The molecule has 0 saturated carbocycles. The minimum Gasteiger partial charge on any atom is -0.310 e. The van der Waals surface area contributed by atoms with Gasteiger partial charge in [0.15, 0.2) is 0 Å². The van der Waals surface area contributed by atoms with Crippen molar-refractivity contribution >= 4 is 34.1 Å². The van der Waals surface area contributed by atoms with Gasteiger partial charge in [-0.3, -0.25) is 0 Å². The van der Waals surface area contributed by atoms with Gasteiger partial charge in [0, 0.05) is 67.2 Å². The normalized spacial score (nSPS) is 14.0. The lowest BCUT2D eigenvalue weighted by atomic mass is 9.72. The molecule has 0 heterocycles. The van der Waals surface area contributed by atoms with Gasteiger partial charge in [-0.1, -0.05) is 177 Å². The molecule has 0 aliphatic heterocycles. The number of benzene rings is 11. The third-order valence-electron chi connectivity index (χ3n) is 16.8. The molecule has 2 aliphatic rings. The second-order valence-electron chi connectivity index (χ2n) is 21.5. The van der Waals surface area contributed by atoms with Crippen LogP contribution in [0.5, 0.6) is 0 Å². The molecule has 11 aromatic rings. The summed E-state index contributed by atoms with van der Waals surface area (Å²) in [6, 6.07) is 89.0. The maximum Gasteiger partial charge on any atom is 0.0477 e. The third-order valence-corrected chi connectivity index (χ3v) is 16.8. The van der Waals surface area contributed by atoms with E-state index < -0.39 is 5.41 Å². The second kappa shape index (κ2) is 19.9. The Hall–Kier alpha value is -10.7. The first-order chi connectivity index (χ1) is 39.6. The van der Waals surface area contributed by atoms with Gasteiger partial charge >= 0.3 is 0 Å². The molecule has 0 fully saturated rings. The molecule has 2 aliphatic carbocycles. The van der Waals surface area contributed by atoms with Crippen LogP contribution in [-0.4, -0.2) is 0 Å². The summed E-state index contributed by atoms with van der Waals surface area (Å²) in [6.45, 7) is 7.18. The van der Waals surface area contributed by atoms with E-state index in [2.05, 4.69) is 273 Å². The molecule has 0 bridgehead atoms. The van der Waals surface area contributed by atoms with Crippen molar-refractivity contribution in [2.75, 3.05) is 9.80 Å². The van der Waals surface area contributed by atoms with Gasteiger partial charge < -0.3 is 9.80 Å². The third kappa shape index (κ3) is 8.13. The molecule has 2 nitrogen and oxygen atoms in total. The van der Waals surface area contributed by atoms with Crippen molar-refractivity contribution in [1.29, 1.82) is 0 Å². The van der Waals surface area contributed by atoms with Gasteiger partial charge in [0.25, 0.3) is 0 Å². The van der Waals surface area contributed by atoms with Crippen LogP contribution in [0.15, 0.2) is 249 Å². The second-order valence-corrected chi connectivity index (χ2v) is 21.5. The molecule has 0 saturated heterocycles. The van der Waals surface area contributed by atoms with E-state index in [1.165, 1.54) is 44.5 Å². The predicted molar refractivity (Wildman–Crippen MR) is 339 cm³/mol. The first kappa shape index (κ1) is 49.8. The number of anilines is 6. The van der Waals surface area contributed by atoms with E-state index in [-0.39, 0.29) is 5.41 Å². The monoisotopic (exact) mass is 1030 g/mol. The Morgan fingerprint density at radius 3 is 1.23 bits per heavy atom. The van der Waals surface area contributed by atoms with E-state index in [1.54, 1.807) is 0 Å². The minimum atomic E-state index is -0.655. The molecule has 0 aromatic heterocycles. The molecule has 2 heteroatoms. The van der Waals surface area contributed by atoms with Gasteiger partial charge in [0.2, 0.25) is 0 Å². The molecule has 1 unspecified atom stereocenters. The lowest BCUT2D eigenvalue weighted by Gasteiger charge is -2.31. The van der Waals surface area contributed by atoms with Crippen LogP contribution in [0.25, 0.3) is 55.6 Å². The predicted octanol–water partition coefficient (Wildman–Crippen LogP) is 19.2. The molecule has 1 atom stereocenters. The molecule has 13 rings (SSSR count). The minimum absolute atomic E-state index is 0.320. The number of hydrogen-bond donors (Lipinski definition) is 0.